The van der Waals surface area contributed by atoms with Crippen LogP contribution in [0.3, 0.4) is 0 Å². The first kappa shape index (κ1) is 91.0. The molecule has 1 heterocycles. The molecular formula is C84H61Cl6N11O21. The number of hydrogen-bond acceptors (Lipinski definition) is 23. The number of carbonyl (C=O) groups excluding carboxylic acids is 4. The van der Waals surface area contributed by atoms with Crippen LogP contribution in [0.5, 0.6) is 23.0 Å². The first-order chi connectivity index (χ1) is 57.7. The monoisotopic (exact) mass is 1770 g/mol. The van der Waals surface area contributed by atoms with E-state index in [9.17, 15) is 105 Å². The molecule has 12 aromatic rings. The van der Waals surface area contributed by atoms with E-state index >= 15 is 0 Å². The van der Waals surface area contributed by atoms with Crippen molar-refractivity contribution in [2.45, 2.75) is 26.0 Å². The highest BCUT2D eigenvalue weighted by molar-refractivity contribution is 6.36. The van der Waals surface area contributed by atoms with E-state index in [0.717, 1.165) is 46.4 Å². The van der Waals surface area contributed by atoms with Gasteiger partial charge in [0, 0.05) is 117 Å². The number of fused-ring (bicyclic) bond motifs is 1. The smallest absolute Gasteiger partial charge is 0.311 e. The van der Waals surface area contributed by atoms with Crippen LogP contribution in [0.25, 0.3) is 11.4 Å². The molecule has 122 heavy (non-hydrogen) atoms. The summed E-state index contributed by atoms with van der Waals surface area (Å²) in [6.07, 6.45) is -0.124. The Hall–Kier alpha value is -14.9. The first-order valence-corrected chi connectivity index (χ1v) is 37.2. The van der Waals surface area contributed by atoms with Crippen LogP contribution in [0.1, 0.15) is 80.4 Å². The molecule has 38 heteroatoms. The highest BCUT2D eigenvalue weighted by Crippen LogP contribution is 2.48. The van der Waals surface area contributed by atoms with Crippen molar-refractivity contribution >= 4 is 167 Å². The van der Waals surface area contributed by atoms with E-state index in [0.29, 0.717) is 55.1 Å². The third kappa shape index (κ3) is 22.3. The fourth-order valence-corrected chi connectivity index (χ4v) is 12.8. The number of aryl methyl sites for hydroxylation is 2. The normalized spacial score (nSPS) is 12.1. The molecule has 9 N–H and O–H groups in total. The predicted octanol–water partition coefficient (Wildman–Crippen LogP) is 21.2. The van der Waals surface area contributed by atoms with Crippen LogP contribution in [-0.4, -0.2) is 78.6 Å². The van der Waals surface area contributed by atoms with Gasteiger partial charge in [0.2, 0.25) is 5.75 Å². The summed E-state index contributed by atoms with van der Waals surface area (Å²) in [6, 6.07) is 59.0. The number of hydrogen-bond donors (Lipinski definition) is 9. The Bertz CT molecular complexity index is 6110. The number of benzene rings is 12. The number of nitro benzene ring substituents is 6. The van der Waals surface area contributed by atoms with Crippen LogP contribution < -0.4 is 26.2 Å². The number of Topliss-reactive ketones (excluding diaryl/α,β-unsaturated/α-hetero) is 1. The number of carbonyl (C=O) groups is 4. The maximum Gasteiger partial charge on any atom is 0.311 e. The summed E-state index contributed by atoms with van der Waals surface area (Å²) in [6.45, 7) is 11.3. The minimum absolute atomic E-state index is 0.0317. The summed E-state index contributed by atoms with van der Waals surface area (Å²) in [7, 11) is 0. The molecule has 12 aromatic carbocycles. The Balaban J connectivity index is 0.000000176. The summed E-state index contributed by atoms with van der Waals surface area (Å²) in [5.74, 6) is -2.79. The van der Waals surface area contributed by atoms with Gasteiger partial charge in [-0.05, 0) is 104 Å². The number of halogens is 6. The number of nitro groups is 6. The standard InChI is InChI=1S/C22H16ClN3O6.C20H12Cl2N2O4.C14H10ClN3O5.C14H11ClN2O4.C14H12ClNO2/c1-13(24-20-9-8-17(25(29)30)11-19(20)23)14-2-4-15(5-3-14)21(27)10-16-6-7-18(26(31)32)12-22(16)28;21-13-6-8-16-15(10-13)19(25)23(20(16,26)12-4-2-1-3-5-12)18-9-7-14(24(27)28)11-17(18)22;1-8(10-3-2-4-13(14(10)19)18(22)23)16-12-6-5-9(17(20)21)7-11(12)15;1-8-2-5-13(18)10(6-8)14(19)16-12-4-3-9(17(20)21)7-11(12)15;1-9-6-7-13(17)10(8-9)14(18)16-12-5-3-2-4-11(12)15/h2-9,11-12,24,28H,1,10H2;1-11,26H;2-7,16,19H,1H2;2-7,18H,1H3,(H,16,19);2-8,17H,1H3,(H,16,18). The average Bonchev–Trinajstić information content (AvgIpc) is 1.56. The van der Waals surface area contributed by atoms with E-state index in [1.54, 1.807) is 116 Å². The van der Waals surface area contributed by atoms with Gasteiger partial charge in [0.05, 0.1) is 100 Å². The Morgan fingerprint density at radius 1 is 0.410 bits per heavy atom. The summed E-state index contributed by atoms with van der Waals surface area (Å²) >= 11 is 36.2. The maximum atomic E-state index is 13.2. The van der Waals surface area contributed by atoms with Crippen molar-refractivity contribution < 1.29 is 74.3 Å². The number of anilines is 5. The van der Waals surface area contributed by atoms with Crippen molar-refractivity contribution in [2.75, 3.05) is 26.2 Å². The fourth-order valence-electron chi connectivity index (χ4n) is 11.5. The fraction of sp³-hybridized carbons (Fsp3) is 0.0476. The topological polar surface area (TPSA) is 480 Å². The average molecular weight is 1770 g/mol. The van der Waals surface area contributed by atoms with E-state index < -0.39 is 58.5 Å². The third-order valence-electron chi connectivity index (χ3n) is 17.6. The molecule has 0 saturated heterocycles. The number of phenols is 4. The Morgan fingerprint density at radius 2 is 0.844 bits per heavy atom. The summed E-state index contributed by atoms with van der Waals surface area (Å²) < 4.78 is 0. The van der Waals surface area contributed by atoms with Gasteiger partial charge < -0.3 is 46.8 Å². The largest absolute Gasteiger partial charge is 0.507 e. The number of phenolic OH excluding ortho intramolecular Hbond substituents is 4. The van der Waals surface area contributed by atoms with E-state index in [1.807, 2.05) is 6.92 Å². The Morgan fingerprint density at radius 3 is 1.31 bits per heavy atom. The lowest BCUT2D eigenvalue weighted by Gasteiger charge is -2.35. The van der Waals surface area contributed by atoms with Crippen LogP contribution >= 0.6 is 69.6 Å². The second kappa shape index (κ2) is 40.0. The highest BCUT2D eigenvalue weighted by atomic mass is 35.5. The van der Waals surface area contributed by atoms with Gasteiger partial charge in [0.15, 0.2) is 11.5 Å². The number of rotatable bonds is 21. The lowest BCUT2D eigenvalue weighted by molar-refractivity contribution is -0.385. The number of aliphatic hydroxyl groups is 1. The second-order valence-electron chi connectivity index (χ2n) is 25.8. The van der Waals surface area contributed by atoms with Crippen molar-refractivity contribution in [3.63, 3.8) is 0 Å². The number of nitrogens with one attached hydrogen (secondary N) is 4. The van der Waals surface area contributed by atoms with Crippen LogP contribution in [0.2, 0.25) is 30.1 Å². The molecule has 1 atom stereocenters. The molecule has 1 aliphatic heterocycles. The second-order valence-corrected chi connectivity index (χ2v) is 28.3. The molecule has 620 valence electrons. The molecule has 0 radical (unpaired) electrons. The van der Waals surface area contributed by atoms with Crippen molar-refractivity contribution in [3.8, 4) is 23.0 Å². The molecule has 0 aromatic heterocycles. The first-order valence-electron chi connectivity index (χ1n) is 34.9. The van der Waals surface area contributed by atoms with Crippen molar-refractivity contribution in [1.29, 1.82) is 0 Å². The SMILES string of the molecule is C=C(Nc1ccc([N+](=O)[O-])cc1Cl)c1ccc(C(=O)Cc2ccc([N+](=O)[O-])cc2O)cc1.C=C(Nc1ccc([N+](=O)[O-])cc1Cl)c1cccc([N+](=O)[O-])c1O.Cc1ccc(O)c(C(=O)Nc2ccc([N+](=O)[O-])cc2Cl)c1.Cc1ccc(O)c(C(=O)Nc2ccccc2Cl)c1.O=C1c2cc(Cl)ccc2C(O)(c2ccccc2)N1c1ccc([N+](=O)[O-])cc1Cl. The number of nitrogens with zero attached hydrogens (tertiary/aromatic N) is 7. The number of ketones is 1. The van der Waals surface area contributed by atoms with Gasteiger partial charge in [0.25, 0.3) is 46.2 Å². The number of non-ortho nitro benzene ring substituents is 5. The predicted molar refractivity (Wildman–Crippen MR) is 462 cm³/mol. The van der Waals surface area contributed by atoms with Crippen molar-refractivity contribution in [2.24, 2.45) is 0 Å². The molecule has 0 bridgehead atoms. The van der Waals surface area contributed by atoms with Crippen molar-refractivity contribution in [3.05, 3.63) is 408 Å². The van der Waals surface area contributed by atoms with Gasteiger partial charge in [-0.3, -0.25) is 84.8 Å². The summed E-state index contributed by atoms with van der Waals surface area (Å²) in [5.41, 5.74) is 3.52. The van der Waals surface area contributed by atoms with E-state index in [4.69, 9.17) is 69.6 Å². The zero-order valence-electron chi connectivity index (χ0n) is 62.9. The molecule has 32 nitrogen and oxygen atoms in total. The van der Waals surface area contributed by atoms with Gasteiger partial charge in [-0.25, -0.2) is 0 Å². The maximum absolute atomic E-state index is 13.2. The van der Waals surface area contributed by atoms with E-state index in [2.05, 4.69) is 34.4 Å². The van der Waals surface area contributed by atoms with Crippen LogP contribution in [-0.2, 0) is 12.1 Å². The molecule has 0 fully saturated rings. The summed E-state index contributed by atoms with van der Waals surface area (Å²) in [5, 5.41) is 128. The minimum atomic E-state index is -1.85. The van der Waals surface area contributed by atoms with Gasteiger partial charge in [-0.2, -0.15) is 0 Å². The molecule has 0 spiro atoms. The molecular weight excluding hydrogens is 1710 g/mol. The third-order valence-corrected chi connectivity index (χ3v) is 19.4. The molecule has 1 unspecified atom stereocenters. The number of aromatic hydroxyl groups is 4. The molecule has 13 rings (SSSR count). The minimum Gasteiger partial charge on any atom is -0.507 e. The lowest BCUT2D eigenvalue weighted by Crippen LogP contribution is -2.45. The van der Waals surface area contributed by atoms with Gasteiger partial charge in [-0.1, -0.05) is 185 Å². The summed E-state index contributed by atoms with van der Waals surface area (Å²) in [4.78, 5) is 112. The van der Waals surface area contributed by atoms with Gasteiger partial charge >= 0.3 is 5.69 Å². The Labute approximate surface area is 719 Å². The molecule has 0 aliphatic carbocycles. The lowest BCUT2D eigenvalue weighted by atomic mass is 9.93. The van der Waals surface area contributed by atoms with Crippen LogP contribution in [0, 0.1) is 74.5 Å². The van der Waals surface area contributed by atoms with Gasteiger partial charge in [0.1, 0.15) is 17.2 Å². The Kier molecular flexibility index (Phi) is 29.9. The van der Waals surface area contributed by atoms with Crippen molar-refractivity contribution in [1.82, 2.24) is 0 Å². The zero-order valence-corrected chi connectivity index (χ0v) is 67.4. The quantitative estimate of drug-likeness (QED) is 0.0183. The number of para-hydroxylation sites is 2. The van der Waals surface area contributed by atoms with E-state index in [-0.39, 0.29) is 129 Å². The van der Waals surface area contributed by atoms with E-state index in [1.165, 1.54) is 103 Å². The van der Waals surface area contributed by atoms with Crippen LogP contribution in [0.4, 0.5) is 62.6 Å². The van der Waals surface area contributed by atoms with Crippen LogP contribution in [0.15, 0.2) is 256 Å². The highest BCUT2D eigenvalue weighted by Gasteiger charge is 2.51. The molecule has 1 aliphatic rings. The van der Waals surface area contributed by atoms with Gasteiger partial charge in [-0.15, -0.1) is 0 Å². The molecule has 3 amide bonds. The zero-order chi connectivity index (χ0) is 89.3. The number of amides is 3. The molecule has 0 saturated carbocycles.